The maximum absolute atomic E-state index is 11.8. The smallest absolute Gasteiger partial charge is 0.319 e. The van der Waals surface area contributed by atoms with Crippen LogP contribution >= 0.6 is 0 Å². The van der Waals surface area contributed by atoms with E-state index in [-0.39, 0.29) is 12.2 Å². The molecule has 0 fully saturated rings. The number of amides is 1. The van der Waals surface area contributed by atoms with Gasteiger partial charge in [-0.1, -0.05) is 6.92 Å². The van der Waals surface area contributed by atoms with Crippen molar-refractivity contribution in [1.29, 1.82) is 0 Å². The van der Waals surface area contributed by atoms with Gasteiger partial charge in [-0.25, -0.2) is 0 Å². The predicted molar refractivity (Wildman–Crippen MR) is 76.3 cm³/mol. The number of methoxy groups -OCH3 is 1. The zero-order valence-corrected chi connectivity index (χ0v) is 12.1. The second-order valence-corrected chi connectivity index (χ2v) is 5.66. The number of anilines is 1. The molecule has 0 heterocycles. The fourth-order valence-corrected chi connectivity index (χ4v) is 2.70. The molecule has 2 unspecified atom stereocenters. The van der Waals surface area contributed by atoms with Gasteiger partial charge in [0.15, 0.2) is 0 Å². The third-order valence-electron chi connectivity index (χ3n) is 2.61. The molecule has 0 aliphatic rings. The van der Waals surface area contributed by atoms with Crippen LogP contribution in [0.15, 0.2) is 24.3 Å². The number of carboxylic acid groups (broad SMARTS) is 1. The number of carboxylic acids is 1. The monoisotopic (exact) mass is 299 g/mol. The van der Waals surface area contributed by atoms with Crippen molar-refractivity contribution in [3.8, 4) is 5.75 Å². The van der Waals surface area contributed by atoms with Gasteiger partial charge in [-0.2, -0.15) is 0 Å². The summed E-state index contributed by atoms with van der Waals surface area (Å²) < 4.78 is 16.8. The highest BCUT2D eigenvalue weighted by molar-refractivity contribution is 7.87. The Kier molecular flexibility index (Phi) is 6.17. The van der Waals surface area contributed by atoms with Crippen molar-refractivity contribution in [2.24, 2.45) is 0 Å². The molecule has 2 N–H and O–H groups in total. The van der Waals surface area contributed by atoms with Gasteiger partial charge in [-0.05, 0) is 30.7 Å². The van der Waals surface area contributed by atoms with E-state index in [2.05, 4.69) is 5.32 Å². The topological polar surface area (TPSA) is 92.7 Å². The first-order chi connectivity index (χ1) is 9.47. The van der Waals surface area contributed by atoms with E-state index in [9.17, 15) is 13.8 Å². The van der Waals surface area contributed by atoms with Crippen molar-refractivity contribution in [1.82, 2.24) is 0 Å². The first-order valence-electron chi connectivity index (χ1n) is 6.01. The number of benzene rings is 1. The average Bonchev–Trinajstić information content (AvgIpc) is 2.39. The van der Waals surface area contributed by atoms with Crippen LogP contribution in [0.25, 0.3) is 0 Å². The van der Waals surface area contributed by atoms with Gasteiger partial charge in [0.2, 0.25) is 5.91 Å². The Morgan fingerprint density at radius 2 is 1.95 bits per heavy atom. The molecule has 0 aliphatic heterocycles. The first kappa shape index (κ1) is 16.2. The van der Waals surface area contributed by atoms with Gasteiger partial charge >= 0.3 is 5.97 Å². The lowest BCUT2D eigenvalue weighted by Crippen LogP contribution is -2.31. The molecule has 6 nitrogen and oxygen atoms in total. The van der Waals surface area contributed by atoms with Crippen molar-refractivity contribution < 1.29 is 23.6 Å². The van der Waals surface area contributed by atoms with Crippen molar-refractivity contribution in [3.63, 3.8) is 0 Å². The largest absolute Gasteiger partial charge is 0.497 e. The van der Waals surface area contributed by atoms with Gasteiger partial charge in [0.25, 0.3) is 0 Å². The highest BCUT2D eigenvalue weighted by Gasteiger charge is 2.24. The fourth-order valence-electron chi connectivity index (χ4n) is 1.57. The van der Waals surface area contributed by atoms with E-state index in [0.29, 0.717) is 11.4 Å². The van der Waals surface area contributed by atoms with Crippen molar-refractivity contribution in [2.45, 2.75) is 18.6 Å². The Morgan fingerprint density at radius 3 is 2.40 bits per heavy atom. The summed E-state index contributed by atoms with van der Waals surface area (Å²) in [6.45, 7) is 1.62. The molecule has 0 saturated carbocycles. The van der Waals surface area contributed by atoms with E-state index in [1.807, 2.05) is 0 Å². The summed E-state index contributed by atoms with van der Waals surface area (Å²) in [5.74, 6) is -1.31. The van der Waals surface area contributed by atoms with E-state index in [1.165, 1.54) is 7.11 Å². The zero-order chi connectivity index (χ0) is 15.1. The normalized spacial score (nSPS) is 13.3. The van der Waals surface area contributed by atoms with E-state index >= 15 is 0 Å². The number of carbonyl (C=O) groups excluding carboxylic acids is 1. The molecule has 20 heavy (non-hydrogen) atoms. The van der Waals surface area contributed by atoms with Crippen LogP contribution in [-0.2, 0) is 20.4 Å². The molecule has 1 amide bonds. The molecule has 2 atom stereocenters. The molecular formula is C13H17NO5S. The third-order valence-corrected chi connectivity index (χ3v) is 4.33. The van der Waals surface area contributed by atoms with E-state index in [4.69, 9.17) is 9.84 Å². The van der Waals surface area contributed by atoms with Crippen LogP contribution < -0.4 is 10.1 Å². The standard InChI is InChI=1S/C13H17NO5S/c1-3-11(13(16)17)20(18)8-12(15)14-9-4-6-10(19-2)7-5-9/h4-7,11H,3,8H2,1-2H3,(H,14,15)(H,16,17). The lowest BCUT2D eigenvalue weighted by molar-refractivity contribution is -0.136. The van der Waals surface area contributed by atoms with E-state index < -0.39 is 27.9 Å². The molecule has 0 saturated heterocycles. The van der Waals surface area contributed by atoms with Crippen molar-refractivity contribution in [3.05, 3.63) is 24.3 Å². The molecule has 0 bridgehead atoms. The maximum atomic E-state index is 11.8. The minimum atomic E-state index is -1.73. The third kappa shape index (κ3) is 4.65. The van der Waals surface area contributed by atoms with E-state index in [0.717, 1.165) is 0 Å². The Hall–Kier alpha value is -1.89. The van der Waals surface area contributed by atoms with Crippen LogP contribution in [0.5, 0.6) is 5.75 Å². The fraction of sp³-hybridized carbons (Fsp3) is 0.385. The molecule has 0 spiro atoms. The highest BCUT2D eigenvalue weighted by atomic mass is 32.2. The molecule has 1 aromatic rings. The lowest BCUT2D eigenvalue weighted by atomic mass is 10.3. The molecule has 110 valence electrons. The van der Waals surface area contributed by atoms with Crippen LogP contribution in [-0.4, -0.2) is 39.3 Å². The van der Waals surface area contributed by atoms with Crippen molar-refractivity contribution >= 4 is 28.4 Å². The number of ether oxygens (including phenoxy) is 1. The lowest BCUT2D eigenvalue weighted by Gasteiger charge is -2.10. The van der Waals surface area contributed by atoms with Crippen LogP contribution in [0, 0.1) is 0 Å². The van der Waals surface area contributed by atoms with Crippen LogP contribution in [0.1, 0.15) is 13.3 Å². The number of nitrogens with one attached hydrogen (secondary N) is 1. The van der Waals surface area contributed by atoms with Crippen LogP contribution in [0.2, 0.25) is 0 Å². The second-order valence-electron chi connectivity index (χ2n) is 4.04. The number of carbonyl (C=O) groups is 2. The molecule has 7 heteroatoms. The minimum Gasteiger partial charge on any atom is -0.497 e. The maximum Gasteiger partial charge on any atom is 0.319 e. The Labute approximate surface area is 119 Å². The summed E-state index contributed by atoms with van der Waals surface area (Å²) in [6.07, 6.45) is 0.220. The predicted octanol–water partition coefficient (Wildman–Crippen LogP) is 1.25. The quantitative estimate of drug-likeness (QED) is 0.790. The Morgan fingerprint density at radius 1 is 1.35 bits per heavy atom. The SMILES string of the molecule is CCC(C(=O)O)S(=O)CC(=O)Nc1ccc(OC)cc1. The molecule has 1 rings (SSSR count). The van der Waals surface area contributed by atoms with E-state index in [1.54, 1.807) is 31.2 Å². The van der Waals surface area contributed by atoms with Crippen molar-refractivity contribution in [2.75, 3.05) is 18.2 Å². The van der Waals surface area contributed by atoms with Crippen LogP contribution in [0.3, 0.4) is 0 Å². The summed E-state index contributed by atoms with van der Waals surface area (Å²) >= 11 is 0. The van der Waals surface area contributed by atoms with Gasteiger partial charge in [0.05, 0.1) is 7.11 Å². The summed E-state index contributed by atoms with van der Waals surface area (Å²) in [4.78, 5) is 22.5. The highest BCUT2D eigenvalue weighted by Crippen LogP contribution is 2.15. The Balaban J connectivity index is 2.58. The summed E-state index contributed by atoms with van der Waals surface area (Å²) in [5, 5.41) is 10.4. The molecular weight excluding hydrogens is 282 g/mol. The van der Waals surface area contributed by atoms with Crippen LogP contribution in [0.4, 0.5) is 5.69 Å². The number of hydrogen-bond acceptors (Lipinski definition) is 4. The molecule has 0 radical (unpaired) electrons. The van der Waals surface area contributed by atoms with Gasteiger partial charge in [-0.3, -0.25) is 13.8 Å². The molecule has 0 aliphatic carbocycles. The summed E-state index contributed by atoms with van der Waals surface area (Å²) in [6, 6.07) is 6.65. The van der Waals surface area contributed by atoms with Gasteiger partial charge in [0, 0.05) is 16.5 Å². The molecule has 1 aromatic carbocycles. The minimum absolute atomic E-state index is 0.220. The Bertz CT molecular complexity index is 500. The summed E-state index contributed by atoms with van der Waals surface area (Å²) in [7, 11) is -0.199. The first-order valence-corrected chi connectivity index (χ1v) is 7.40. The van der Waals surface area contributed by atoms with Gasteiger partial charge in [0.1, 0.15) is 16.8 Å². The average molecular weight is 299 g/mol. The second kappa shape index (κ2) is 7.64. The summed E-state index contributed by atoms with van der Waals surface area (Å²) in [5.41, 5.74) is 0.538. The van der Waals surface area contributed by atoms with Gasteiger partial charge in [-0.15, -0.1) is 0 Å². The van der Waals surface area contributed by atoms with Gasteiger partial charge < -0.3 is 15.2 Å². The molecule has 0 aromatic heterocycles. The number of rotatable bonds is 7. The number of aliphatic carboxylic acids is 1. The number of hydrogen-bond donors (Lipinski definition) is 2. The zero-order valence-electron chi connectivity index (χ0n) is 11.3.